The number of phosphoric acid groups is 1. The Morgan fingerprint density at radius 1 is 0.833 bits per heavy atom. The van der Waals surface area contributed by atoms with Crippen LogP contribution in [0.15, 0.2) is 46.6 Å². The van der Waals surface area contributed by atoms with Crippen LogP contribution in [-0.2, 0) is 23.1 Å². The number of ether oxygens (including phenoxy) is 2. The van der Waals surface area contributed by atoms with Gasteiger partial charge in [0.05, 0.1) is 26.4 Å². The van der Waals surface area contributed by atoms with E-state index in [-0.39, 0.29) is 19.8 Å². The fourth-order valence-electron chi connectivity index (χ4n) is 3.13. The van der Waals surface area contributed by atoms with Gasteiger partial charge in [-0.2, -0.15) is 0 Å². The molecule has 7 nitrogen and oxygen atoms in total. The van der Waals surface area contributed by atoms with E-state index in [9.17, 15) is 9.46 Å². The topological polar surface area (TPSA) is 77.5 Å². The largest absolute Gasteiger partial charge is 0.472 e. The van der Waals surface area contributed by atoms with Crippen LogP contribution in [-0.4, -0.2) is 70.1 Å². The van der Waals surface area contributed by atoms with Gasteiger partial charge in [-0.05, 0) is 87.2 Å². The molecule has 0 bridgehead atoms. The Labute approximate surface area is 220 Å². The summed E-state index contributed by atoms with van der Waals surface area (Å²) in [5.74, 6) is 0. The summed E-state index contributed by atoms with van der Waals surface area (Å²) in [5.41, 5.74) is 5.56. The zero-order valence-corrected chi connectivity index (χ0v) is 24.9. The summed E-state index contributed by atoms with van der Waals surface area (Å²) < 4.78 is 32.8. The lowest BCUT2D eigenvalue weighted by atomic mass is 10.0. The number of hydrogen-bond acceptors (Lipinski definition) is 6. The van der Waals surface area contributed by atoms with E-state index in [0.717, 1.165) is 38.5 Å². The fraction of sp³-hybridized carbons (Fsp3) is 0.714. The molecule has 0 saturated carbocycles. The maximum atomic E-state index is 11.9. The Balaban J connectivity index is 4.15. The van der Waals surface area contributed by atoms with Crippen LogP contribution in [0.5, 0.6) is 0 Å². The minimum absolute atomic E-state index is 0.0802. The molecular weight excluding hydrogens is 477 g/mol. The SMILES string of the molecule is COC(COC/C=C(\C)CC/C=C(\C)CC/C=C(\C)CCC=C(C)C)COP(=O)(O)OCCN(C)C. The third-order valence-electron chi connectivity index (χ3n) is 5.56. The zero-order chi connectivity index (χ0) is 27.4. The molecule has 0 amide bonds. The number of likely N-dealkylation sites (N-methyl/N-ethyl adjacent to an activating group) is 1. The van der Waals surface area contributed by atoms with Crippen LogP contribution in [0.4, 0.5) is 0 Å². The van der Waals surface area contributed by atoms with E-state index in [0.29, 0.717) is 13.2 Å². The number of phosphoric ester groups is 1. The quantitative estimate of drug-likeness (QED) is 0.0989. The van der Waals surface area contributed by atoms with E-state index < -0.39 is 13.9 Å². The predicted molar refractivity (Wildman–Crippen MR) is 150 cm³/mol. The molecule has 0 rings (SSSR count). The van der Waals surface area contributed by atoms with Crippen LogP contribution < -0.4 is 0 Å². The second-order valence-corrected chi connectivity index (χ2v) is 11.3. The van der Waals surface area contributed by atoms with E-state index in [1.54, 1.807) is 0 Å². The highest BCUT2D eigenvalue weighted by atomic mass is 31.2. The first kappa shape index (κ1) is 35.0. The summed E-state index contributed by atoms with van der Waals surface area (Å²) in [5, 5.41) is 0. The normalized spacial score (nSPS) is 15.8. The maximum absolute atomic E-state index is 11.9. The van der Waals surface area contributed by atoms with Gasteiger partial charge >= 0.3 is 7.82 Å². The van der Waals surface area contributed by atoms with Gasteiger partial charge in [-0.3, -0.25) is 9.05 Å². The molecule has 2 atom stereocenters. The lowest BCUT2D eigenvalue weighted by Crippen LogP contribution is -2.24. The second-order valence-electron chi connectivity index (χ2n) is 9.84. The first-order chi connectivity index (χ1) is 16.9. The average Bonchev–Trinajstić information content (AvgIpc) is 2.78. The van der Waals surface area contributed by atoms with Crippen molar-refractivity contribution in [2.75, 3.05) is 54.2 Å². The Kier molecular flexibility index (Phi) is 20.3. The van der Waals surface area contributed by atoms with Crippen molar-refractivity contribution >= 4 is 7.82 Å². The van der Waals surface area contributed by atoms with E-state index in [2.05, 4.69) is 58.9 Å². The van der Waals surface area contributed by atoms with Crippen LogP contribution in [0.2, 0.25) is 0 Å². The Hall–Kier alpha value is -1.05. The van der Waals surface area contributed by atoms with Gasteiger partial charge in [0.2, 0.25) is 0 Å². The van der Waals surface area contributed by atoms with Crippen LogP contribution in [0.3, 0.4) is 0 Å². The monoisotopic (exact) mass is 529 g/mol. The van der Waals surface area contributed by atoms with Gasteiger partial charge in [0.15, 0.2) is 0 Å². The summed E-state index contributed by atoms with van der Waals surface area (Å²) in [4.78, 5) is 11.6. The van der Waals surface area contributed by atoms with Gasteiger partial charge in [0.25, 0.3) is 0 Å². The Morgan fingerprint density at radius 3 is 1.86 bits per heavy atom. The minimum atomic E-state index is -4.10. The Morgan fingerprint density at radius 2 is 1.36 bits per heavy atom. The van der Waals surface area contributed by atoms with Crippen LogP contribution >= 0.6 is 7.82 Å². The number of hydrogen-bond donors (Lipinski definition) is 1. The molecule has 0 saturated heterocycles. The van der Waals surface area contributed by atoms with E-state index in [1.807, 2.05) is 19.0 Å². The second kappa shape index (κ2) is 20.9. The van der Waals surface area contributed by atoms with E-state index >= 15 is 0 Å². The predicted octanol–water partition coefficient (Wildman–Crippen LogP) is 6.86. The molecule has 0 aliphatic carbocycles. The van der Waals surface area contributed by atoms with E-state index in [4.69, 9.17) is 18.5 Å². The lowest BCUT2D eigenvalue weighted by Gasteiger charge is -2.18. The highest BCUT2D eigenvalue weighted by molar-refractivity contribution is 7.47. The summed E-state index contributed by atoms with van der Waals surface area (Å²) in [6.45, 7) is 12.1. The molecule has 2 unspecified atom stereocenters. The van der Waals surface area contributed by atoms with Crippen molar-refractivity contribution in [3.05, 3.63) is 46.6 Å². The van der Waals surface area contributed by atoms with Gasteiger partial charge in [-0.25, -0.2) is 4.57 Å². The van der Waals surface area contributed by atoms with Crippen molar-refractivity contribution in [2.45, 2.75) is 79.2 Å². The molecule has 0 aromatic heterocycles. The molecule has 0 spiro atoms. The summed E-state index contributed by atoms with van der Waals surface area (Å²) in [6, 6.07) is 0. The van der Waals surface area contributed by atoms with Crippen molar-refractivity contribution < 1.29 is 28.0 Å². The first-order valence-electron chi connectivity index (χ1n) is 12.9. The number of allylic oxidation sites excluding steroid dienone is 7. The lowest BCUT2D eigenvalue weighted by molar-refractivity contribution is -0.0156. The highest BCUT2D eigenvalue weighted by Crippen LogP contribution is 2.43. The van der Waals surface area contributed by atoms with Crippen LogP contribution in [0, 0.1) is 0 Å². The number of nitrogens with zero attached hydrogens (tertiary/aromatic N) is 1. The van der Waals surface area contributed by atoms with Crippen molar-refractivity contribution in [1.29, 1.82) is 0 Å². The zero-order valence-electron chi connectivity index (χ0n) is 24.0. The molecule has 0 aromatic rings. The van der Waals surface area contributed by atoms with Gasteiger partial charge in [-0.15, -0.1) is 0 Å². The van der Waals surface area contributed by atoms with Gasteiger partial charge in [0, 0.05) is 13.7 Å². The van der Waals surface area contributed by atoms with Crippen molar-refractivity contribution in [2.24, 2.45) is 0 Å². The van der Waals surface area contributed by atoms with E-state index in [1.165, 1.54) is 29.4 Å². The molecular formula is C28H52NO6P. The molecule has 0 aromatic carbocycles. The van der Waals surface area contributed by atoms with Crippen LogP contribution in [0.25, 0.3) is 0 Å². The molecule has 210 valence electrons. The molecule has 1 N–H and O–H groups in total. The molecule has 0 aliphatic heterocycles. The summed E-state index contributed by atoms with van der Waals surface area (Å²) >= 11 is 0. The summed E-state index contributed by atoms with van der Waals surface area (Å²) in [7, 11) is 1.13. The molecule has 0 aliphatic rings. The molecule has 0 fully saturated rings. The fourth-order valence-corrected chi connectivity index (χ4v) is 3.87. The van der Waals surface area contributed by atoms with Gasteiger partial charge < -0.3 is 19.3 Å². The summed E-state index contributed by atoms with van der Waals surface area (Å²) in [6.07, 6.45) is 15.1. The van der Waals surface area contributed by atoms with Gasteiger partial charge in [0.1, 0.15) is 6.10 Å². The molecule has 8 heteroatoms. The van der Waals surface area contributed by atoms with Crippen LogP contribution in [0.1, 0.15) is 73.1 Å². The molecule has 0 radical (unpaired) electrons. The molecule has 36 heavy (non-hydrogen) atoms. The first-order valence-corrected chi connectivity index (χ1v) is 14.4. The smallest absolute Gasteiger partial charge is 0.377 e. The van der Waals surface area contributed by atoms with Gasteiger partial charge in [-0.1, -0.05) is 46.6 Å². The third kappa shape index (κ3) is 22.2. The average molecular weight is 530 g/mol. The van der Waals surface area contributed by atoms with Crippen molar-refractivity contribution in [3.63, 3.8) is 0 Å². The standard InChI is InChI=1S/C28H52NO6P/c1-24(2)12-9-13-25(3)14-10-15-26(4)16-11-17-27(5)18-20-33-22-28(32-8)23-35-36(30,31)34-21-19-29(6)7/h12,14,16,18,28H,9-11,13,15,17,19-23H2,1-8H3,(H,30,31)/b25-14+,26-16+,27-18+. The maximum Gasteiger partial charge on any atom is 0.472 e. The number of rotatable bonds is 21. The van der Waals surface area contributed by atoms with Crippen molar-refractivity contribution in [1.82, 2.24) is 4.90 Å². The Bertz CT molecular complexity index is 753. The number of methoxy groups -OCH3 is 1. The van der Waals surface area contributed by atoms with Crippen molar-refractivity contribution in [3.8, 4) is 0 Å². The molecule has 0 heterocycles. The highest BCUT2D eigenvalue weighted by Gasteiger charge is 2.23. The third-order valence-corrected chi connectivity index (χ3v) is 6.54. The minimum Gasteiger partial charge on any atom is -0.377 e.